The highest BCUT2D eigenvalue weighted by Crippen LogP contribution is 2.42. The highest BCUT2D eigenvalue weighted by Gasteiger charge is 2.36. The summed E-state index contributed by atoms with van der Waals surface area (Å²) in [6, 6.07) is 26.7. The first-order valence-electron chi connectivity index (χ1n) is 20.2. The van der Waals surface area contributed by atoms with Gasteiger partial charge < -0.3 is 32.7 Å². The lowest BCUT2D eigenvalue weighted by Crippen LogP contribution is -2.16. The van der Waals surface area contributed by atoms with Crippen molar-refractivity contribution in [2.45, 2.75) is 26.2 Å². The van der Waals surface area contributed by atoms with E-state index >= 15 is 0 Å². The van der Waals surface area contributed by atoms with Crippen molar-refractivity contribution in [1.29, 1.82) is 0 Å². The van der Waals surface area contributed by atoms with Crippen molar-refractivity contribution >= 4 is 57.8 Å². The van der Waals surface area contributed by atoms with E-state index in [0.717, 1.165) is 36.4 Å². The third-order valence-corrected chi connectivity index (χ3v) is 10.6. The summed E-state index contributed by atoms with van der Waals surface area (Å²) in [5.74, 6) is -5.01. The maximum Gasteiger partial charge on any atom is 0.417 e. The second-order valence-corrected chi connectivity index (χ2v) is 15.4. The van der Waals surface area contributed by atoms with Gasteiger partial charge in [0.15, 0.2) is 0 Å². The lowest BCUT2D eigenvalue weighted by molar-refractivity contribution is -0.137. The number of halogens is 8. The fraction of sp³-hybridized carbons (Fsp3) is 0.0800. The van der Waals surface area contributed by atoms with Crippen LogP contribution in [0.2, 0.25) is 0 Å². The standard InChI is InChI=1S/C50H36F8N6O4/c1-25-19-31(9-15-35(25)38-18-12-34(24-42(38)50(56,57)58)64-48(68)40-14-8-30(60)22-44(40)52)61-45(65)27-3-5-28(6-4-27)46(66)62-33-11-17-37(41(23-33)49(53,54)55)36-16-10-32(20-26(36)2)63-47(67)39-13-7-29(59)21-43(39)51/h3-24H,59-60H2,1-2H3,(H,61,65)(H,62,66)(H,63,67)(H,64,68). The molecule has 4 amide bonds. The molecule has 0 saturated carbocycles. The Morgan fingerprint density at radius 1 is 0.397 bits per heavy atom. The Morgan fingerprint density at radius 3 is 1.01 bits per heavy atom. The maximum absolute atomic E-state index is 14.5. The molecule has 0 saturated heterocycles. The Labute approximate surface area is 382 Å². The number of anilines is 6. The molecule has 0 spiro atoms. The minimum absolute atomic E-state index is 0.00446. The number of amides is 4. The Balaban J connectivity index is 1.01. The van der Waals surface area contributed by atoms with E-state index in [9.17, 15) is 54.3 Å². The lowest BCUT2D eigenvalue weighted by Gasteiger charge is -2.18. The first kappa shape index (κ1) is 47.4. The van der Waals surface area contributed by atoms with Crippen LogP contribution in [0, 0.1) is 25.5 Å². The van der Waals surface area contributed by atoms with E-state index in [-0.39, 0.29) is 73.1 Å². The lowest BCUT2D eigenvalue weighted by atomic mass is 9.94. The molecule has 7 aromatic carbocycles. The minimum Gasteiger partial charge on any atom is -0.399 e. The van der Waals surface area contributed by atoms with E-state index in [1.54, 1.807) is 0 Å². The Bertz CT molecular complexity index is 3150. The summed E-state index contributed by atoms with van der Waals surface area (Å²) in [5, 5.41) is 9.86. The number of carbonyl (C=O) groups is 4. The number of alkyl halides is 6. The average Bonchev–Trinajstić information content (AvgIpc) is 3.26. The molecule has 346 valence electrons. The van der Waals surface area contributed by atoms with Crippen molar-refractivity contribution in [2.75, 3.05) is 32.7 Å². The number of benzene rings is 7. The van der Waals surface area contributed by atoms with Gasteiger partial charge in [-0.15, -0.1) is 0 Å². The van der Waals surface area contributed by atoms with Gasteiger partial charge in [0.05, 0.1) is 22.3 Å². The van der Waals surface area contributed by atoms with Gasteiger partial charge in [0, 0.05) is 45.3 Å². The molecule has 0 unspecified atom stereocenters. The van der Waals surface area contributed by atoms with Crippen LogP contribution in [0.3, 0.4) is 0 Å². The van der Waals surface area contributed by atoms with Crippen LogP contribution in [0.1, 0.15) is 63.7 Å². The first-order valence-corrected chi connectivity index (χ1v) is 20.2. The second kappa shape index (κ2) is 18.7. The van der Waals surface area contributed by atoms with Crippen LogP contribution in [-0.2, 0) is 12.4 Å². The summed E-state index contributed by atoms with van der Waals surface area (Å²) in [5.41, 5.74) is 9.00. The zero-order valence-electron chi connectivity index (χ0n) is 35.5. The Kier molecular flexibility index (Phi) is 13.1. The molecule has 0 fully saturated rings. The molecule has 0 heterocycles. The van der Waals surface area contributed by atoms with Gasteiger partial charge in [-0.1, -0.05) is 24.3 Å². The number of hydrogen-bond donors (Lipinski definition) is 6. The summed E-state index contributed by atoms with van der Waals surface area (Å²) in [7, 11) is 0. The second-order valence-electron chi connectivity index (χ2n) is 15.4. The predicted octanol–water partition coefficient (Wildman–Crippen LogP) is 12.1. The van der Waals surface area contributed by atoms with E-state index in [1.165, 1.54) is 111 Å². The van der Waals surface area contributed by atoms with E-state index in [4.69, 9.17) is 11.5 Å². The largest absolute Gasteiger partial charge is 0.417 e. The minimum atomic E-state index is -4.87. The highest BCUT2D eigenvalue weighted by molar-refractivity contribution is 6.08. The molecule has 10 nitrogen and oxygen atoms in total. The molecule has 68 heavy (non-hydrogen) atoms. The smallest absolute Gasteiger partial charge is 0.399 e. The number of aryl methyl sites for hydroxylation is 2. The van der Waals surface area contributed by atoms with Gasteiger partial charge in [0.2, 0.25) is 0 Å². The van der Waals surface area contributed by atoms with Gasteiger partial charge in [-0.3, -0.25) is 19.2 Å². The number of carbonyl (C=O) groups excluding carboxylic acids is 4. The van der Waals surface area contributed by atoms with Crippen LogP contribution in [0.15, 0.2) is 133 Å². The van der Waals surface area contributed by atoms with Crippen molar-refractivity contribution in [2.24, 2.45) is 0 Å². The molecule has 7 rings (SSSR count). The summed E-state index contributed by atoms with van der Waals surface area (Å²) in [6.07, 6.45) is -9.74. The molecule has 0 aromatic heterocycles. The SMILES string of the molecule is Cc1cc(NC(=O)c2ccc(N)cc2F)ccc1-c1ccc(NC(=O)c2ccc(C(=O)Nc3ccc(-c4ccc(NC(=O)c5ccc(N)cc5F)cc4C(F)(F)F)c(C)c3)cc2)cc1C(F)(F)F. The summed E-state index contributed by atoms with van der Waals surface area (Å²) >= 11 is 0. The van der Waals surface area contributed by atoms with Crippen LogP contribution in [0.4, 0.5) is 69.2 Å². The van der Waals surface area contributed by atoms with Gasteiger partial charge >= 0.3 is 12.4 Å². The number of nitrogen functional groups attached to an aromatic ring is 2. The third-order valence-electron chi connectivity index (χ3n) is 10.6. The van der Waals surface area contributed by atoms with E-state index in [2.05, 4.69) is 21.3 Å². The normalized spacial score (nSPS) is 11.4. The highest BCUT2D eigenvalue weighted by atomic mass is 19.4. The van der Waals surface area contributed by atoms with Crippen LogP contribution >= 0.6 is 0 Å². The van der Waals surface area contributed by atoms with Gasteiger partial charge in [-0.25, -0.2) is 8.78 Å². The van der Waals surface area contributed by atoms with Crippen molar-refractivity contribution < 1.29 is 54.3 Å². The van der Waals surface area contributed by atoms with Crippen LogP contribution in [-0.4, -0.2) is 23.6 Å². The fourth-order valence-electron chi connectivity index (χ4n) is 7.28. The molecule has 0 bridgehead atoms. The number of nitrogens with two attached hydrogens (primary N) is 2. The third kappa shape index (κ3) is 10.6. The first-order chi connectivity index (χ1) is 32.0. The quantitative estimate of drug-likeness (QED) is 0.0589. The molecule has 8 N–H and O–H groups in total. The molecule has 18 heteroatoms. The van der Waals surface area contributed by atoms with Crippen molar-refractivity contribution in [3.63, 3.8) is 0 Å². The van der Waals surface area contributed by atoms with E-state index in [0.29, 0.717) is 11.1 Å². The maximum atomic E-state index is 14.5. The predicted molar refractivity (Wildman–Crippen MR) is 243 cm³/mol. The molecule has 7 aromatic rings. The number of nitrogens with one attached hydrogen (secondary N) is 4. The Morgan fingerprint density at radius 2 is 0.706 bits per heavy atom. The van der Waals surface area contributed by atoms with E-state index in [1.807, 2.05) is 0 Å². The average molecular weight is 937 g/mol. The molecule has 0 atom stereocenters. The Hall–Kier alpha value is -8.54. The van der Waals surface area contributed by atoms with E-state index < -0.39 is 64.3 Å². The van der Waals surface area contributed by atoms with Gasteiger partial charge in [0.1, 0.15) is 11.6 Å². The van der Waals surface area contributed by atoms with Crippen LogP contribution < -0.4 is 32.7 Å². The molecule has 0 aliphatic heterocycles. The van der Waals surface area contributed by atoms with Crippen molar-refractivity contribution in [1.82, 2.24) is 0 Å². The zero-order chi connectivity index (χ0) is 49.2. The van der Waals surface area contributed by atoms with Crippen molar-refractivity contribution in [3.8, 4) is 22.3 Å². The summed E-state index contributed by atoms with van der Waals surface area (Å²) in [6.45, 7) is 3.06. The zero-order valence-corrected chi connectivity index (χ0v) is 35.5. The van der Waals surface area contributed by atoms with Crippen LogP contribution in [0.5, 0.6) is 0 Å². The monoisotopic (exact) mass is 936 g/mol. The van der Waals surface area contributed by atoms with Gasteiger partial charge in [0.25, 0.3) is 23.6 Å². The van der Waals surface area contributed by atoms with Gasteiger partial charge in [-0.05, 0) is 156 Å². The summed E-state index contributed by atoms with van der Waals surface area (Å²) < 4.78 is 115. The van der Waals surface area contributed by atoms with Crippen LogP contribution in [0.25, 0.3) is 22.3 Å². The molecule has 0 aliphatic carbocycles. The molecular formula is C50H36F8N6O4. The molecule has 0 aliphatic rings. The molecule has 0 radical (unpaired) electrons. The number of rotatable bonds is 10. The molecular weight excluding hydrogens is 901 g/mol. The number of hydrogen-bond acceptors (Lipinski definition) is 6. The van der Waals surface area contributed by atoms with Crippen molar-refractivity contribution in [3.05, 3.63) is 190 Å². The fourth-order valence-corrected chi connectivity index (χ4v) is 7.28. The summed E-state index contributed by atoms with van der Waals surface area (Å²) in [4.78, 5) is 51.7. The topological polar surface area (TPSA) is 168 Å². The van der Waals surface area contributed by atoms with Gasteiger partial charge in [-0.2, -0.15) is 26.3 Å².